The zero-order valence-electron chi connectivity index (χ0n) is 38.6. The first-order valence-electron chi connectivity index (χ1n) is 23.9. The molecule has 0 bridgehead atoms. The molecule has 1 aliphatic rings. The Morgan fingerprint density at radius 1 is 0.508 bits per heavy atom. The minimum atomic E-state index is -1.02. The van der Waals surface area contributed by atoms with Crippen molar-refractivity contribution in [1.29, 1.82) is 0 Å². The Morgan fingerprint density at radius 2 is 0.898 bits per heavy atom. The Balaban J connectivity index is 1.81. The van der Waals surface area contributed by atoms with Crippen LogP contribution < -0.4 is 10.9 Å². The highest BCUT2D eigenvalue weighted by Gasteiger charge is 2.47. The summed E-state index contributed by atoms with van der Waals surface area (Å²) in [4.78, 5) is 0. The van der Waals surface area contributed by atoms with Gasteiger partial charge >= 0.3 is 7.48 Å². The molecule has 0 unspecified atom stereocenters. The van der Waals surface area contributed by atoms with E-state index < -0.39 is 16.6 Å². The molecule has 0 saturated heterocycles. The van der Waals surface area contributed by atoms with Gasteiger partial charge in [0.05, 0.1) is 16.6 Å². The molecule has 4 aromatic rings. The monoisotopic (exact) mass is 792 g/mol. The zero-order valence-corrected chi connectivity index (χ0v) is 38.6. The highest BCUT2D eigenvalue weighted by atomic mass is 16.5. The third-order valence-corrected chi connectivity index (χ3v) is 13.4. The van der Waals surface area contributed by atoms with Crippen LogP contribution in [-0.2, 0) is 35.8 Å². The van der Waals surface area contributed by atoms with E-state index in [1.54, 1.807) is 0 Å². The van der Waals surface area contributed by atoms with Crippen molar-refractivity contribution in [2.24, 2.45) is 0 Å². The summed E-state index contributed by atoms with van der Waals surface area (Å²) in [5.41, 5.74) is 13.0. The Hall–Kier alpha value is -3.07. The molecule has 59 heavy (non-hydrogen) atoms. The van der Waals surface area contributed by atoms with Crippen LogP contribution in [0.2, 0.25) is 0 Å². The van der Waals surface area contributed by atoms with Gasteiger partial charge in [0.2, 0.25) is 0 Å². The van der Waals surface area contributed by atoms with Crippen LogP contribution in [0.15, 0.2) is 72.8 Å². The molecule has 4 aromatic carbocycles. The first kappa shape index (κ1) is 47.0. The lowest BCUT2D eigenvalue weighted by molar-refractivity contribution is -0.0893. The number of hydrogen-bond acceptors (Lipinski definition) is 2. The van der Waals surface area contributed by atoms with Gasteiger partial charge in [0.15, 0.2) is 0 Å². The van der Waals surface area contributed by atoms with Gasteiger partial charge < -0.3 is 9.76 Å². The molecule has 0 heterocycles. The topological polar surface area (TPSA) is 29.5 Å². The van der Waals surface area contributed by atoms with Crippen LogP contribution in [0.4, 0.5) is 0 Å². The predicted octanol–water partition coefficient (Wildman–Crippen LogP) is 13.1. The molecule has 0 saturated carbocycles. The highest BCUT2D eigenvalue weighted by molar-refractivity contribution is 6.47. The number of hydrogen-bond donors (Lipinski definition) is 1. The average Bonchev–Trinajstić information content (AvgIpc) is 3.49. The lowest BCUT2D eigenvalue weighted by Crippen LogP contribution is -2.49. The summed E-state index contributed by atoms with van der Waals surface area (Å²) in [5, 5.41) is 11.0. The number of aliphatic hydroxyl groups is 1. The van der Waals surface area contributed by atoms with Gasteiger partial charge in [0, 0.05) is 0 Å². The first-order valence-corrected chi connectivity index (χ1v) is 23.9. The summed E-state index contributed by atoms with van der Waals surface area (Å²) in [5.74, 6) is 0. The maximum Gasteiger partial charge on any atom is 0.330 e. The summed E-state index contributed by atoms with van der Waals surface area (Å²) in [7, 11) is 8.72. The fourth-order valence-corrected chi connectivity index (χ4v) is 9.14. The molecular weight excluding hydrogens is 714 g/mol. The molecule has 5 rings (SSSR count). The maximum atomic E-state index is 11.0. The van der Waals surface area contributed by atoms with E-state index in [9.17, 15) is 5.11 Å². The minimum absolute atomic E-state index is 0.579. The molecule has 315 valence electrons. The second kappa shape index (κ2) is 22.1. The van der Waals surface area contributed by atoms with E-state index in [2.05, 4.69) is 100 Å². The van der Waals surface area contributed by atoms with Crippen molar-refractivity contribution < 1.29 is 9.76 Å². The van der Waals surface area contributed by atoms with Gasteiger partial charge in [0.1, 0.15) is 7.85 Å². The third kappa shape index (κ3) is 11.9. The van der Waals surface area contributed by atoms with Crippen LogP contribution in [-0.4, -0.2) is 31.6 Å². The summed E-state index contributed by atoms with van der Waals surface area (Å²) >= 11 is 0. The summed E-state index contributed by atoms with van der Waals surface area (Å²) in [6, 6.07) is 28.9. The zero-order chi connectivity index (χ0) is 42.5. The number of fused-ring (bicyclic) bond motifs is 3. The fraction of sp³-hybridized carbons (Fsp3) is 0.564. The quantitative estimate of drug-likeness (QED) is 0.0446. The Kier molecular flexibility index (Phi) is 17.6. The van der Waals surface area contributed by atoms with Gasteiger partial charge in [-0.25, -0.2) is 0 Å². The summed E-state index contributed by atoms with van der Waals surface area (Å²) < 4.78 is 6.45. The Morgan fingerprint density at radius 3 is 1.29 bits per heavy atom. The van der Waals surface area contributed by atoms with E-state index in [4.69, 9.17) is 12.5 Å². The molecule has 0 aliphatic heterocycles. The average molecular weight is 792 g/mol. The first-order chi connectivity index (χ1) is 28.4. The SMILES string of the molecule is [B]c1ccc2c(c1)C(c1cc(CCCCCC)cc(CCCCCC)c1)(c1cc(CCCCCC)cc(CCCCCC)c1)c1cc([B]OC(C)(C)C(C)(C)O)ccc1-2. The van der Waals surface area contributed by atoms with Gasteiger partial charge in [0.25, 0.3) is 0 Å². The molecule has 2 nitrogen and oxygen atoms in total. The smallest absolute Gasteiger partial charge is 0.330 e. The van der Waals surface area contributed by atoms with Crippen molar-refractivity contribution in [3.8, 4) is 11.1 Å². The minimum Gasteiger partial charge on any atom is -0.427 e. The Bertz CT molecular complexity index is 1790. The van der Waals surface area contributed by atoms with Crippen molar-refractivity contribution in [2.45, 2.75) is 200 Å². The van der Waals surface area contributed by atoms with E-state index >= 15 is 0 Å². The lowest BCUT2D eigenvalue weighted by Gasteiger charge is -2.38. The van der Waals surface area contributed by atoms with Crippen LogP contribution in [0.5, 0.6) is 0 Å². The Labute approximate surface area is 363 Å². The largest absolute Gasteiger partial charge is 0.427 e. The molecule has 0 aromatic heterocycles. The molecule has 0 atom stereocenters. The van der Waals surface area contributed by atoms with Crippen LogP contribution >= 0.6 is 0 Å². The van der Waals surface area contributed by atoms with Gasteiger partial charge in [-0.05, 0) is 135 Å². The van der Waals surface area contributed by atoms with Crippen molar-refractivity contribution in [2.75, 3.05) is 0 Å². The van der Waals surface area contributed by atoms with E-state index in [0.29, 0.717) is 0 Å². The molecule has 4 heteroatoms. The van der Waals surface area contributed by atoms with Crippen LogP contribution in [0.1, 0.15) is 203 Å². The lowest BCUT2D eigenvalue weighted by atomic mass is 9.65. The van der Waals surface area contributed by atoms with Crippen molar-refractivity contribution in [3.05, 3.63) is 117 Å². The van der Waals surface area contributed by atoms with Gasteiger partial charge in [-0.2, -0.15) is 0 Å². The standard InChI is InChI=1S/C55H77B2O2/c1-9-13-17-21-25-41-33-42(26-22-18-14-10-2)36-45(35-41)55(46-37-43(27-23-19-15-11-3)34-44(38-46)28-24-20-16-12-4)51-39-47(56)29-31-49(51)50-32-30-48(40-52(50)55)57-59-54(7,8)53(5,6)58/h29-40,58H,9-28H2,1-8H3. The van der Waals surface area contributed by atoms with E-state index in [-0.39, 0.29) is 0 Å². The molecule has 0 spiro atoms. The molecular formula is C55H77B2O2. The molecule has 1 N–H and O–H groups in total. The number of unbranched alkanes of at least 4 members (excludes halogenated alkanes) is 12. The van der Waals surface area contributed by atoms with Crippen molar-refractivity contribution in [1.82, 2.24) is 0 Å². The van der Waals surface area contributed by atoms with Crippen molar-refractivity contribution >= 4 is 26.3 Å². The predicted molar refractivity (Wildman–Crippen MR) is 257 cm³/mol. The second-order valence-corrected chi connectivity index (χ2v) is 19.0. The molecule has 1 aliphatic carbocycles. The molecule has 0 fully saturated rings. The van der Waals surface area contributed by atoms with Crippen LogP contribution in [0.3, 0.4) is 0 Å². The van der Waals surface area contributed by atoms with Gasteiger partial charge in [-0.15, -0.1) is 0 Å². The van der Waals surface area contributed by atoms with E-state index in [1.165, 1.54) is 158 Å². The van der Waals surface area contributed by atoms with Crippen LogP contribution in [0, 0.1) is 0 Å². The van der Waals surface area contributed by atoms with E-state index in [0.717, 1.165) is 36.6 Å². The summed E-state index contributed by atoms with van der Waals surface area (Å²) in [6.45, 7) is 16.8. The number of benzene rings is 4. The maximum absolute atomic E-state index is 11.0. The van der Waals surface area contributed by atoms with Crippen LogP contribution in [0.25, 0.3) is 11.1 Å². The third-order valence-electron chi connectivity index (χ3n) is 13.4. The molecule has 0 amide bonds. The summed E-state index contributed by atoms with van der Waals surface area (Å²) in [6.07, 6.45) is 24.4. The number of aryl methyl sites for hydroxylation is 4. The highest BCUT2D eigenvalue weighted by Crippen LogP contribution is 2.56. The number of rotatable bonds is 26. The fourth-order valence-electron chi connectivity index (χ4n) is 9.14. The van der Waals surface area contributed by atoms with E-state index in [1.807, 2.05) is 35.2 Å². The van der Waals surface area contributed by atoms with Crippen molar-refractivity contribution in [3.63, 3.8) is 0 Å². The molecule has 3 radical (unpaired) electrons. The second-order valence-electron chi connectivity index (χ2n) is 19.0. The van der Waals surface area contributed by atoms with Gasteiger partial charge in [-0.3, -0.25) is 0 Å². The van der Waals surface area contributed by atoms with Gasteiger partial charge in [-0.1, -0.05) is 188 Å². The normalized spacial score (nSPS) is 13.4.